The van der Waals surface area contributed by atoms with Gasteiger partial charge < -0.3 is 0 Å². The number of nitriles is 2. The lowest BCUT2D eigenvalue weighted by Crippen LogP contribution is -2.53. The minimum atomic E-state index is -0.508. The molecule has 2 aliphatic rings. The van der Waals surface area contributed by atoms with E-state index in [0.717, 1.165) is 17.5 Å². The lowest BCUT2D eigenvalue weighted by atomic mass is 9.42. The Labute approximate surface area is 107 Å². The molecule has 1 saturated carbocycles. The summed E-state index contributed by atoms with van der Waals surface area (Å²) in [6.45, 7) is 4.23. The van der Waals surface area contributed by atoms with Crippen LogP contribution in [0.2, 0.25) is 0 Å². The standard InChI is InChI=1S/C16H14N2/c1-15(2)8-14-13-6-4-3-5-12(13)11(9-17)7-16(14,15)10-18/h3-7,14H,8H2,1-2H3. The van der Waals surface area contributed by atoms with E-state index >= 15 is 0 Å². The van der Waals surface area contributed by atoms with Crippen LogP contribution >= 0.6 is 0 Å². The molecule has 0 amide bonds. The highest BCUT2D eigenvalue weighted by Gasteiger charge is 2.62. The van der Waals surface area contributed by atoms with E-state index in [-0.39, 0.29) is 11.3 Å². The Kier molecular flexibility index (Phi) is 1.99. The van der Waals surface area contributed by atoms with Gasteiger partial charge >= 0.3 is 0 Å². The molecular weight excluding hydrogens is 220 g/mol. The highest BCUT2D eigenvalue weighted by atomic mass is 14.6. The predicted molar refractivity (Wildman–Crippen MR) is 69.2 cm³/mol. The smallest absolute Gasteiger partial charge is 0.0995 e. The zero-order chi connectivity index (χ0) is 13.0. The Morgan fingerprint density at radius 3 is 2.56 bits per heavy atom. The number of benzene rings is 1. The van der Waals surface area contributed by atoms with E-state index in [0.29, 0.717) is 5.57 Å². The molecule has 1 fully saturated rings. The summed E-state index contributed by atoms with van der Waals surface area (Å²) in [7, 11) is 0. The quantitative estimate of drug-likeness (QED) is 0.688. The van der Waals surface area contributed by atoms with E-state index in [9.17, 15) is 10.5 Å². The van der Waals surface area contributed by atoms with Gasteiger partial charge in [0.2, 0.25) is 0 Å². The van der Waals surface area contributed by atoms with Gasteiger partial charge in [-0.25, -0.2) is 0 Å². The highest BCUT2D eigenvalue weighted by Crippen LogP contribution is 2.68. The van der Waals surface area contributed by atoms with Crippen molar-refractivity contribution in [3.63, 3.8) is 0 Å². The van der Waals surface area contributed by atoms with E-state index in [1.165, 1.54) is 0 Å². The third-order valence-electron chi connectivity index (χ3n) is 4.69. The molecule has 2 unspecified atom stereocenters. The maximum Gasteiger partial charge on any atom is 0.0995 e. The number of hydrogen-bond donors (Lipinski definition) is 0. The number of fused-ring (bicyclic) bond motifs is 3. The molecule has 2 aliphatic carbocycles. The van der Waals surface area contributed by atoms with Gasteiger partial charge in [-0.3, -0.25) is 0 Å². The summed E-state index contributed by atoms with van der Waals surface area (Å²) in [6.07, 6.45) is 2.91. The van der Waals surface area contributed by atoms with E-state index in [1.54, 1.807) is 0 Å². The van der Waals surface area contributed by atoms with Crippen molar-refractivity contribution in [3.8, 4) is 12.1 Å². The van der Waals surface area contributed by atoms with E-state index in [2.05, 4.69) is 32.1 Å². The van der Waals surface area contributed by atoms with Crippen LogP contribution < -0.4 is 0 Å². The average molecular weight is 234 g/mol. The van der Waals surface area contributed by atoms with Crippen molar-refractivity contribution in [2.24, 2.45) is 10.8 Å². The van der Waals surface area contributed by atoms with Crippen molar-refractivity contribution in [2.75, 3.05) is 0 Å². The van der Waals surface area contributed by atoms with Crippen LogP contribution in [0.25, 0.3) is 5.57 Å². The molecule has 1 aromatic rings. The molecule has 2 nitrogen and oxygen atoms in total. The minimum absolute atomic E-state index is 0.0535. The molecule has 0 spiro atoms. The topological polar surface area (TPSA) is 47.6 Å². The van der Waals surface area contributed by atoms with Crippen molar-refractivity contribution in [1.29, 1.82) is 10.5 Å². The fraction of sp³-hybridized carbons (Fsp3) is 0.375. The van der Waals surface area contributed by atoms with Crippen LogP contribution in [0.1, 0.15) is 37.3 Å². The van der Waals surface area contributed by atoms with Crippen LogP contribution in [0.15, 0.2) is 30.3 Å². The molecule has 2 atom stereocenters. The normalized spacial score (nSPS) is 30.9. The van der Waals surface area contributed by atoms with Crippen molar-refractivity contribution >= 4 is 5.57 Å². The molecule has 2 heteroatoms. The van der Waals surface area contributed by atoms with Crippen LogP contribution in [0.5, 0.6) is 0 Å². The minimum Gasteiger partial charge on any atom is -0.197 e. The number of nitrogens with zero attached hydrogens (tertiary/aromatic N) is 2. The summed E-state index contributed by atoms with van der Waals surface area (Å²) in [6, 6.07) is 12.7. The monoisotopic (exact) mass is 234 g/mol. The van der Waals surface area contributed by atoms with E-state index in [4.69, 9.17) is 0 Å². The maximum absolute atomic E-state index is 9.64. The Bertz CT molecular complexity index is 640. The van der Waals surface area contributed by atoms with Crippen LogP contribution in [-0.4, -0.2) is 0 Å². The highest BCUT2D eigenvalue weighted by molar-refractivity contribution is 5.83. The van der Waals surface area contributed by atoms with Gasteiger partial charge in [0.15, 0.2) is 0 Å². The third-order valence-corrected chi connectivity index (χ3v) is 4.69. The summed E-state index contributed by atoms with van der Waals surface area (Å²) in [5.74, 6) is 0.241. The molecule has 18 heavy (non-hydrogen) atoms. The molecule has 0 heterocycles. The Balaban J connectivity index is 2.28. The Hall–Kier alpha value is -2.06. The van der Waals surface area contributed by atoms with Crippen molar-refractivity contribution in [3.05, 3.63) is 41.5 Å². The van der Waals surface area contributed by atoms with Crippen LogP contribution in [0, 0.1) is 33.5 Å². The zero-order valence-corrected chi connectivity index (χ0v) is 10.6. The molecule has 3 rings (SSSR count). The zero-order valence-electron chi connectivity index (χ0n) is 10.6. The summed E-state index contributed by atoms with van der Waals surface area (Å²) >= 11 is 0. The van der Waals surface area contributed by atoms with Gasteiger partial charge in [0.25, 0.3) is 0 Å². The molecule has 0 N–H and O–H groups in total. The van der Waals surface area contributed by atoms with E-state index < -0.39 is 5.41 Å². The van der Waals surface area contributed by atoms with Gasteiger partial charge in [-0.05, 0) is 29.0 Å². The first-order valence-corrected chi connectivity index (χ1v) is 6.19. The second kappa shape index (κ2) is 3.24. The van der Waals surface area contributed by atoms with Crippen molar-refractivity contribution < 1.29 is 0 Å². The number of hydrogen-bond acceptors (Lipinski definition) is 2. The number of allylic oxidation sites excluding steroid dienone is 2. The second-order valence-electron chi connectivity index (χ2n) is 5.88. The van der Waals surface area contributed by atoms with Gasteiger partial charge in [0.05, 0.1) is 23.1 Å². The molecule has 0 saturated heterocycles. The molecule has 1 aromatic carbocycles. The maximum atomic E-state index is 9.64. The first kappa shape index (κ1) is 11.1. The summed E-state index contributed by atoms with van der Waals surface area (Å²) in [4.78, 5) is 0. The van der Waals surface area contributed by atoms with Gasteiger partial charge in [0.1, 0.15) is 0 Å². The van der Waals surface area contributed by atoms with Gasteiger partial charge in [0, 0.05) is 5.92 Å². The van der Waals surface area contributed by atoms with Crippen LogP contribution in [0.4, 0.5) is 0 Å². The molecule has 0 bridgehead atoms. The average Bonchev–Trinajstić information content (AvgIpc) is 2.38. The first-order valence-electron chi connectivity index (χ1n) is 6.19. The van der Waals surface area contributed by atoms with Crippen molar-refractivity contribution in [2.45, 2.75) is 26.2 Å². The van der Waals surface area contributed by atoms with Gasteiger partial charge in [-0.2, -0.15) is 10.5 Å². The van der Waals surface area contributed by atoms with Crippen LogP contribution in [0.3, 0.4) is 0 Å². The fourth-order valence-electron chi connectivity index (χ4n) is 3.54. The van der Waals surface area contributed by atoms with Gasteiger partial charge in [-0.1, -0.05) is 38.1 Å². The summed E-state index contributed by atoms with van der Waals surface area (Å²) in [5.41, 5.74) is 2.26. The van der Waals surface area contributed by atoms with Crippen LogP contribution in [-0.2, 0) is 0 Å². The Morgan fingerprint density at radius 2 is 1.94 bits per heavy atom. The van der Waals surface area contributed by atoms with Crippen molar-refractivity contribution in [1.82, 2.24) is 0 Å². The fourth-order valence-corrected chi connectivity index (χ4v) is 3.54. The molecule has 88 valence electrons. The second-order valence-corrected chi connectivity index (χ2v) is 5.88. The first-order chi connectivity index (χ1) is 8.55. The third kappa shape index (κ3) is 1.06. The van der Waals surface area contributed by atoms with Gasteiger partial charge in [-0.15, -0.1) is 0 Å². The lowest BCUT2D eigenvalue weighted by Gasteiger charge is -2.58. The van der Waals surface area contributed by atoms with E-state index in [1.807, 2.05) is 24.3 Å². The Morgan fingerprint density at radius 1 is 1.22 bits per heavy atom. The molecule has 0 aromatic heterocycles. The summed E-state index contributed by atoms with van der Waals surface area (Å²) < 4.78 is 0. The molecular formula is C16H14N2. The SMILES string of the molecule is CC1(C)CC2c3ccccc3C(C#N)=CC21C#N. The predicted octanol–water partition coefficient (Wildman–Crippen LogP) is 3.63. The number of rotatable bonds is 0. The molecule has 0 aliphatic heterocycles. The molecule has 0 radical (unpaired) electrons. The largest absolute Gasteiger partial charge is 0.197 e. The lowest BCUT2D eigenvalue weighted by molar-refractivity contribution is 0.0107. The summed E-state index contributed by atoms with van der Waals surface area (Å²) in [5, 5.41) is 19.0.